The van der Waals surface area contributed by atoms with E-state index in [-0.39, 0.29) is 0 Å². The van der Waals surface area contributed by atoms with E-state index in [1.54, 1.807) is 0 Å². The Morgan fingerprint density at radius 1 is 1.62 bits per heavy atom. The van der Waals surface area contributed by atoms with Gasteiger partial charge in [-0.25, -0.2) is 0 Å². The molecule has 0 spiro atoms. The molecule has 0 aromatic rings. The van der Waals surface area contributed by atoms with E-state index in [9.17, 15) is 0 Å². The smallest absolute Gasteiger partial charge is 0.0244 e. The molecule has 1 rings (SSSR count). The average molecular weight is 106 g/mol. The largest absolute Gasteiger partial charge is 0.0985 e. The van der Waals surface area contributed by atoms with Gasteiger partial charge in [-0.3, -0.25) is 0 Å². The maximum atomic E-state index is 3.87. The molecule has 0 unspecified atom stereocenters. The summed E-state index contributed by atoms with van der Waals surface area (Å²) in [5.74, 6) is 0. The lowest BCUT2D eigenvalue weighted by atomic mass is 10.1. The fraction of sp³-hybridized carbons (Fsp3) is 0.250. The lowest BCUT2D eigenvalue weighted by Crippen LogP contribution is -1.71. The molecule has 0 bridgehead atoms. The first-order valence-corrected chi connectivity index (χ1v) is 2.85. The summed E-state index contributed by atoms with van der Waals surface area (Å²) in [7, 11) is 0. The zero-order valence-corrected chi connectivity index (χ0v) is 4.98. The Bertz CT molecular complexity index is 149. The summed E-state index contributed by atoms with van der Waals surface area (Å²) >= 11 is 0. The van der Waals surface area contributed by atoms with Gasteiger partial charge in [-0.05, 0) is 24.0 Å². The third kappa shape index (κ3) is 0.738. The summed E-state index contributed by atoms with van der Waals surface area (Å²) in [6.07, 6.45) is 6.33. The number of hydrogen-bond acceptors (Lipinski definition) is 0. The SMILES string of the molecule is C=CC1=CCCC1=C. The van der Waals surface area contributed by atoms with Crippen molar-refractivity contribution >= 4 is 0 Å². The van der Waals surface area contributed by atoms with E-state index < -0.39 is 0 Å². The molecule has 0 heteroatoms. The Labute approximate surface area is 50.2 Å². The average Bonchev–Trinajstić information content (AvgIpc) is 2.14. The van der Waals surface area contributed by atoms with Crippen molar-refractivity contribution in [3.05, 3.63) is 36.5 Å². The van der Waals surface area contributed by atoms with Crippen molar-refractivity contribution < 1.29 is 0 Å². The zero-order valence-electron chi connectivity index (χ0n) is 4.98. The summed E-state index contributed by atoms with van der Waals surface area (Å²) in [6, 6.07) is 0. The normalized spacial score (nSPS) is 18.5. The molecule has 0 saturated heterocycles. The second-order valence-corrected chi connectivity index (χ2v) is 2.01. The van der Waals surface area contributed by atoms with Gasteiger partial charge >= 0.3 is 0 Å². The van der Waals surface area contributed by atoms with Crippen LogP contribution in [0.5, 0.6) is 0 Å². The molecule has 0 heterocycles. The standard InChI is InChI=1S/C8H10/c1-3-8-6-4-5-7(8)2/h3,6H,1-2,4-5H2. The lowest BCUT2D eigenvalue weighted by molar-refractivity contribution is 1.07. The molecule has 0 N–H and O–H groups in total. The predicted octanol–water partition coefficient (Wildman–Crippen LogP) is 2.45. The molecule has 0 radical (unpaired) electrons. The van der Waals surface area contributed by atoms with Crippen LogP contribution in [-0.4, -0.2) is 0 Å². The number of rotatable bonds is 1. The van der Waals surface area contributed by atoms with Gasteiger partial charge in [-0.2, -0.15) is 0 Å². The number of hydrogen-bond donors (Lipinski definition) is 0. The van der Waals surface area contributed by atoms with Crippen LogP contribution in [0.4, 0.5) is 0 Å². The van der Waals surface area contributed by atoms with Gasteiger partial charge in [0.2, 0.25) is 0 Å². The molecule has 0 saturated carbocycles. The van der Waals surface area contributed by atoms with Gasteiger partial charge in [-0.1, -0.05) is 25.3 Å². The van der Waals surface area contributed by atoms with Crippen molar-refractivity contribution in [2.75, 3.05) is 0 Å². The Kier molecular flexibility index (Phi) is 1.34. The van der Waals surface area contributed by atoms with Crippen LogP contribution in [0, 0.1) is 0 Å². The Morgan fingerprint density at radius 2 is 2.38 bits per heavy atom. The number of allylic oxidation sites excluding steroid dienone is 4. The highest BCUT2D eigenvalue weighted by atomic mass is 14.1. The van der Waals surface area contributed by atoms with Gasteiger partial charge < -0.3 is 0 Å². The molecule has 0 nitrogen and oxygen atoms in total. The lowest BCUT2D eigenvalue weighted by Gasteiger charge is -1.91. The third-order valence-electron chi connectivity index (χ3n) is 1.44. The van der Waals surface area contributed by atoms with Crippen molar-refractivity contribution in [3.8, 4) is 0 Å². The van der Waals surface area contributed by atoms with Crippen LogP contribution in [0.2, 0.25) is 0 Å². The van der Waals surface area contributed by atoms with E-state index in [4.69, 9.17) is 0 Å². The molecule has 1 aliphatic carbocycles. The van der Waals surface area contributed by atoms with E-state index >= 15 is 0 Å². The molecular weight excluding hydrogens is 96.1 g/mol. The summed E-state index contributed by atoms with van der Waals surface area (Å²) in [4.78, 5) is 0. The van der Waals surface area contributed by atoms with E-state index in [0.29, 0.717) is 0 Å². The topological polar surface area (TPSA) is 0 Å². The highest BCUT2D eigenvalue weighted by molar-refractivity contribution is 5.40. The molecule has 0 atom stereocenters. The van der Waals surface area contributed by atoms with Gasteiger partial charge in [0.15, 0.2) is 0 Å². The molecule has 0 amide bonds. The molecule has 0 aliphatic heterocycles. The first kappa shape index (κ1) is 5.36. The second-order valence-electron chi connectivity index (χ2n) is 2.01. The van der Waals surface area contributed by atoms with Gasteiger partial charge in [0.05, 0.1) is 0 Å². The molecule has 0 fully saturated rings. The molecular formula is C8H10. The molecule has 0 aromatic carbocycles. The summed E-state index contributed by atoms with van der Waals surface area (Å²) in [5.41, 5.74) is 2.48. The van der Waals surface area contributed by atoms with Crippen LogP contribution in [0.15, 0.2) is 36.5 Å². The van der Waals surface area contributed by atoms with Crippen LogP contribution in [0.1, 0.15) is 12.8 Å². The van der Waals surface area contributed by atoms with Crippen molar-refractivity contribution in [1.82, 2.24) is 0 Å². The maximum Gasteiger partial charge on any atom is -0.0244 e. The zero-order chi connectivity index (χ0) is 5.98. The van der Waals surface area contributed by atoms with Crippen LogP contribution in [0.25, 0.3) is 0 Å². The quantitative estimate of drug-likeness (QED) is 0.481. The molecule has 0 aromatic heterocycles. The van der Waals surface area contributed by atoms with Crippen LogP contribution < -0.4 is 0 Å². The van der Waals surface area contributed by atoms with E-state index in [1.807, 2.05) is 6.08 Å². The highest BCUT2D eigenvalue weighted by Crippen LogP contribution is 2.22. The monoisotopic (exact) mass is 106 g/mol. The summed E-state index contributed by atoms with van der Waals surface area (Å²) in [6.45, 7) is 7.53. The summed E-state index contributed by atoms with van der Waals surface area (Å²) in [5, 5.41) is 0. The minimum atomic E-state index is 1.13. The van der Waals surface area contributed by atoms with Crippen molar-refractivity contribution in [3.63, 3.8) is 0 Å². The maximum absolute atomic E-state index is 3.87. The summed E-state index contributed by atoms with van der Waals surface area (Å²) < 4.78 is 0. The first-order valence-electron chi connectivity index (χ1n) is 2.85. The van der Waals surface area contributed by atoms with E-state index in [1.165, 1.54) is 11.1 Å². The van der Waals surface area contributed by atoms with Crippen LogP contribution in [0.3, 0.4) is 0 Å². The fourth-order valence-corrected chi connectivity index (χ4v) is 0.918. The van der Waals surface area contributed by atoms with Gasteiger partial charge in [-0.15, -0.1) is 0 Å². The fourth-order valence-electron chi connectivity index (χ4n) is 0.918. The van der Waals surface area contributed by atoms with Crippen molar-refractivity contribution in [2.45, 2.75) is 12.8 Å². The minimum Gasteiger partial charge on any atom is -0.0985 e. The van der Waals surface area contributed by atoms with Gasteiger partial charge in [0.1, 0.15) is 0 Å². The van der Waals surface area contributed by atoms with Gasteiger partial charge in [0, 0.05) is 0 Å². The van der Waals surface area contributed by atoms with Crippen LogP contribution >= 0.6 is 0 Å². The van der Waals surface area contributed by atoms with Gasteiger partial charge in [0.25, 0.3) is 0 Å². The van der Waals surface area contributed by atoms with Crippen molar-refractivity contribution in [2.24, 2.45) is 0 Å². The minimum absolute atomic E-state index is 1.13. The first-order chi connectivity index (χ1) is 3.84. The van der Waals surface area contributed by atoms with Crippen LogP contribution in [-0.2, 0) is 0 Å². The second kappa shape index (κ2) is 1.99. The Balaban J connectivity index is 2.76. The third-order valence-corrected chi connectivity index (χ3v) is 1.44. The predicted molar refractivity (Wildman–Crippen MR) is 36.7 cm³/mol. The Morgan fingerprint density at radius 3 is 2.62 bits per heavy atom. The van der Waals surface area contributed by atoms with E-state index in [0.717, 1.165) is 12.8 Å². The molecule has 42 valence electrons. The molecule has 8 heavy (non-hydrogen) atoms. The van der Waals surface area contributed by atoms with Crippen molar-refractivity contribution in [1.29, 1.82) is 0 Å². The Hall–Kier alpha value is -0.780. The van der Waals surface area contributed by atoms with E-state index in [2.05, 4.69) is 19.2 Å². The molecule has 1 aliphatic rings. The highest BCUT2D eigenvalue weighted by Gasteiger charge is 2.03.